The molecular weight excluding hydrogens is 210 g/mol. The molecule has 1 rings (SSSR count). The highest BCUT2D eigenvalue weighted by Crippen LogP contribution is 2.18. The summed E-state index contributed by atoms with van der Waals surface area (Å²) in [4.78, 5) is 32.9. The zero-order chi connectivity index (χ0) is 12.3. The van der Waals surface area contributed by atoms with E-state index < -0.39 is 5.97 Å². The van der Waals surface area contributed by atoms with E-state index in [1.807, 2.05) is 0 Å². The first-order chi connectivity index (χ1) is 7.41. The van der Waals surface area contributed by atoms with E-state index in [1.54, 1.807) is 0 Å². The van der Waals surface area contributed by atoms with Gasteiger partial charge < -0.3 is 10.4 Å². The van der Waals surface area contributed by atoms with Gasteiger partial charge in [0.2, 0.25) is 5.91 Å². The fourth-order valence-corrected chi connectivity index (χ4v) is 1.28. The van der Waals surface area contributed by atoms with Crippen molar-refractivity contribution in [2.45, 2.75) is 13.8 Å². The van der Waals surface area contributed by atoms with Crippen LogP contribution in [-0.2, 0) is 4.79 Å². The molecule has 84 valence electrons. The Bertz CT molecular complexity index is 465. The Labute approximate surface area is 92.1 Å². The molecule has 0 aromatic heterocycles. The average Bonchev–Trinajstić information content (AvgIpc) is 2.15. The number of benzene rings is 1. The molecule has 0 atom stereocenters. The quantitative estimate of drug-likeness (QED) is 0.758. The molecule has 0 bridgehead atoms. The molecule has 0 spiro atoms. The highest BCUT2D eigenvalue weighted by molar-refractivity contribution is 6.04. The van der Waals surface area contributed by atoms with Crippen LogP contribution in [0.4, 0.5) is 5.69 Å². The standard InChI is InChI=1S/C11H11NO4/c1-6(13)9-4-3-8(11(15)16)5-10(9)12-7(2)14/h3-5H,1-2H3,(H,12,14)(H,15,16). The van der Waals surface area contributed by atoms with Crippen LogP contribution in [0.1, 0.15) is 34.6 Å². The summed E-state index contributed by atoms with van der Waals surface area (Å²) in [5.74, 6) is -1.70. The number of hydrogen-bond donors (Lipinski definition) is 2. The van der Waals surface area contributed by atoms with Crippen LogP contribution in [-0.4, -0.2) is 22.8 Å². The summed E-state index contributed by atoms with van der Waals surface area (Å²) in [6, 6.07) is 3.97. The highest BCUT2D eigenvalue weighted by Gasteiger charge is 2.12. The van der Waals surface area contributed by atoms with Gasteiger partial charge in [-0.1, -0.05) is 0 Å². The van der Waals surface area contributed by atoms with E-state index in [1.165, 1.54) is 32.0 Å². The smallest absolute Gasteiger partial charge is 0.335 e. The third-order valence-corrected chi connectivity index (χ3v) is 1.96. The van der Waals surface area contributed by atoms with Gasteiger partial charge in [-0.15, -0.1) is 0 Å². The van der Waals surface area contributed by atoms with E-state index in [4.69, 9.17) is 5.11 Å². The van der Waals surface area contributed by atoms with Crippen LogP contribution in [0.2, 0.25) is 0 Å². The van der Waals surface area contributed by atoms with Crippen LogP contribution in [0.15, 0.2) is 18.2 Å². The number of aromatic carboxylic acids is 1. The first-order valence-electron chi connectivity index (χ1n) is 4.57. The predicted molar refractivity (Wildman–Crippen MR) is 57.7 cm³/mol. The van der Waals surface area contributed by atoms with Gasteiger partial charge >= 0.3 is 5.97 Å². The molecule has 0 saturated carbocycles. The Morgan fingerprint density at radius 1 is 1.19 bits per heavy atom. The number of carbonyl (C=O) groups excluding carboxylic acids is 2. The van der Waals surface area contributed by atoms with Gasteiger partial charge in [0.05, 0.1) is 11.3 Å². The molecule has 0 saturated heterocycles. The molecule has 16 heavy (non-hydrogen) atoms. The molecule has 0 unspecified atom stereocenters. The molecule has 2 N–H and O–H groups in total. The maximum atomic E-state index is 11.2. The predicted octanol–water partition coefficient (Wildman–Crippen LogP) is 1.55. The minimum atomic E-state index is -1.11. The second-order valence-corrected chi connectivity index (χ2v) is 3.30. The summed E-state index contributed by atoms with van der Waals surface area (Å²) < 4.78 is 0. The Balaban J connectivity index is 3.26. The third kappa shape index (κ3) is 2.66. The lowest BCUT2D eigenvalue weighted by Crippen LogP contribution is -2.11. The van der Waals surface area contributed by atoms with Crippen molar-refractivity contribution in [3.63, 3.8) is 0 Å². The fraction of sp³-hybridized carbons (Fsp3) is 0.182. The number of carbonyl (C=O) groups is 3. The molecule has 0 aliphatic carbocycles. The highest BCUT2D eigenvalue weighted by atomic mass is 16.4. The van der Waals surface area contributed by atoms with E-state index in [-0.39, 0.29) is 22.9 Å². The lowest BCUT2D eigenvalue weighted by molar-refractivity contribution is -0.114. The van der Waals surface area contributed by atoms with Crippen LogP contribution in [0, 0.1) is 0 Å². The Hall–Kier alpha value is -2.17. The summed E-state index contributed by atoms with van der Waals surface area (Å²) in [5.41, 5.74) is 0.536. The van der Waals surface area contributed by atoms with Crippen molar-refractivity contribution in [2.75, 3.05) is 5.32 Å². The fourth-order valence-electron chi connectivity index (χ4n) is 1.28. The van der Waals surface area contributed by atoms with Crippen molar-refractivity contribution in [3.8, 4) is 0 Å². The maximum Gasteiger partial charge on any atom is 0.335 e. The number of rotatable bonds is 3. The van der Waals surface area contributed by atoms with Gasteiger partial charge in [-0.3, -0.25) is 9.59 Å². The lowest BCUT2D eigenvalue weighted by atomic mass is 10.1. The number of nitrogens with one attached hydrogen (secondary N) is 1. The molecule has 0 aliphatic heterocycles. The molecular formula is C11H11NO4. The third-order valence-electron chi connectivity index (χ3n) is 1.96. The Kier molecular flexibility index (Phi) is 3.40. The van der Waals surface area contributed by atoms with Crippen molar-refractivity contribution in [1.82, 2.24) is 0 Å². The molecule has 1 amide bonds. The number of hydrogen-bond acceptors (Lipinski definition) is 3. The largest absolute Gasteiger partial charge is 0.478 e. The molecule has 0 heterocycles. The average molecular weight is 221 g/mol. The topological polar surface area (TPSA) is 83.5 Å². The first kappa shape index (κ1) is 11.9. The maximum absolute atomic E-state index is 11.2. The molecule has 5 heteroatoms. The molecule has 0 aliphatic rings. The second kappa shape index (κ2) is 4.57. The second-order valence-electron chi connectivity index (χ2n) is 3.30. The number of carboxylic acid groups (broad SMARTS) is 1. The van der Waals surface area contributed by atoms with E-state index in [2.05, 4.69) is 5.32 Å². The summed E-state index contributed by atoms with van der Waals surface area (Å²) >= 11 is 0. The van der Waals surface area contributed by atoms with Crippen LogP contribution in [0.25, 0.3) is 0 Å². The molecule has 0 radical (unpaired) electrons. The van der Waals surface area contributed by atoms with Gasteiger partial charge in [-0.2, -0.15) is 0 Å². The van der Waals surface area contributed by atoms with Crippen molar-refractivity contribution in [3.05, 3.63) is 29.3 Å². The van der Waals surface area contributed by atoms with Gasteiger partial charge in [-0.05, 0) is 25.1 Å². The van der Waals surface area contributed by atoms with E-state index >= 15 is 0 Å². The minimum absolute atomic E-state index is 0.0220. The summed E-state index contributed by atoms with van der Waals surface area (Å²) in [7, 11) is 0. The van der Waals surface area contributed by atoms with Crippen molar-refractivity contribution >= 4 is 23.3 Å². The van der Waals surface area contributed by atoms with Crippen molar-refractivity contribution < 1.29 is 19.5 Å². The number of carboxylic acids is 1. The zero-order valence-electron chi connectivity index (χ0n) is 8.90. The van der Waals surface area contributed by atoms with Crippen LogP contribution < -0.4 is 5.32 Å². The molecule has 5 nitrogen and oxygen atoms in total. The zero-order valence-corrected chi connectivity index (χ0v) is 8.90. The normalized spacial score (nSPS) is 9.62. The van der Waals surface area contributed by atoms with E-state index in [0.717, 1.165) is 0 Å². The van der Waals surface area contributed by atoms with Crippen LogP contribution >= 0.6 is 0 Å². The van der Waals surface area contributed by atoms with Gasteiger partial charge in [0.25, 0.3) is 0 Å². The number of ketones is 1. The summed E-state index contributed by atoms with van der Waals surface area (Å²) in [6.45, 7) is 2.64. The van der Waals surface area contributed by atoms with E-state index in [0.29, 0.717) is 5.56 Å². The Morgan fingerprint density at radius 2 is 1.81 bits per heavy atom. The molecule has 1 aromatic rings. The van der Waals surface area contributed by atoms with Crippen LogP contribution in [0.5, 0.6) is 0 Å². The minimum Gasteiger partial charge on any atom is -0.478 e. The molecule has 0 fully saturated rings. The van der Waals surface area contributed by atoms with Gasteiger partial charge in [0.1, 0.15) is 0 Å². The van der Waals surface area contributed by atoms with Gasteiger partial charge in [0.15, 0.2) is 5.78 Å². The van der Waals surface area contributed by atoms with Crippen molar-refractivity contribution in [1.29, 1.82) is 0 Å². The summed E-state index contributed by atoms with van der Waals surface area (Å²) in [6.07, 6.45) is 0. The number of anilines is 1. The SMILES string of the molecule is CC(=O)Nc1cc(C(=O)O)ccc1C(C)=O. The Morgan fingerprint density at radius 3 is 2.25 bits per heavy atom. The first-order valence-corrected chi connectivity index (χ1v) is 4.57. The van der Waals surface area contributed by atoms with Gasteiger partial charge in [-0.25, -0.2) is 4.79 Å². The monoisotopic (exact) mass is 221 g/mol. The van der Waals surface area contributed by atoms with Gasteiger partial charge in [0, 0.05) is 12.5 Å². The number of Topliss-reactive ketones (excluding diaryl/α,β-unsaturated/α-hetero) is 1. The molecule has 1 aromatic carbocycles. The van der Waals surface area contributed by atoms with E-state index in [9.17, 15) is 14.4 Å². The van der Waals surface area contributed by atoms with Crippen molar-refractivity contribution in [2.24, 2.45) is 0 Å². The number of amides is 1. The van der Waals surface area contributed by atoms with Crippen LogP contribution in [0.3, 0.4) is 0 Å². The summed E-state index contributed by atoms with van der Waals surface area (Å²) in [5, 5.41) is 11.2. The lowest BCUT2D eigenvalue weighted by Gasteiger charge is -2.08.